The fourth-order valence-corrected chi connectivity index (χ4v) is 0.836. The third kappa shape index (κ3) is 1.73. The van der Waals surface area contributed by atoms with E-state index in [1.165, 1.54) is 0 Å². The molecule has 3 nitrogen and oxygen atoms in total. The van der Waals surface area contributed by atoms with Crippen molar-refractivity contribution in [2.75, 3.05) is 0 Å². The van der Waals surface area contributed by atoms with Gasteiger partial charge in [-0.15, -0.1) is 0 Å². The minimum Gasteiger partial charge on any atom is -0.503 e. The maximum absolute atomic E-state index is 12.8. The number of hydrogen-bond donors (Lipinski definition) is 2. The minimum absolute atomic E-state index is 0.348. The maximum atomic E-state index is 12.8. The number of halogens is 3. The molecular weight excluding hydrogens is 187 g/mol. The first-order valence-corrected chi connectivity index (χ1v) is 3.25. The number of phenolic OH excluding ortho intramolecular Hbond substituents is 1. The lowest BCUT2D eigenvalue weighted by atomic mass is 10.2. The van der Waals surface area contributed by atoms with E-state index in [0.29, 0.717) is 6.07 Å². The first-order valence-electron chi connectivity index (χ1n) is 3.25. The maximum Gasteiger partial charge on any atom is 0.203 e. The lowest BCUT2D eigenvalue weighted by Crippen LogP contribution is -2.03. The zero-order valence-electron chi connectivity index (χ0n) is 6.35. The van der Waals surface area contributed by atoms with E-state index in [1.807, 2.05) is 0 Å². The van der Waals surface area contributed by atoms with Crippen LogP contribution in [-0.4, -0.2) is 5.11 Å². The smallest absolute Gasteiger partial charge is 0.203 e. The molecule has 0 saturated carbocycles. The third-order valence-electron chi connectivity index (χ3n) is 1.45. The van der Waals surface area contributed by atoms with E-state index in [0.717, 1.165) is 0 Å². The van der Waals surface area contributed by atoms with Crippen molar-refractivity contribution in [3.63, 3.8) is 0 Å². The van der Waals surface area contributed by atoms with E-state index in [4.69, 9.17) is 5.11 Å². The fourth-order valence-electron chi connectivity index (χ4n) is 0.836. The van der Waals surface area contributed by atoms with Crippen molar-refractivity contribution in [1.82, 2.24) is 0 Å². The first kappa shape index (κ1) is 9.82. The van der Waals surface area contributed by atoms with Gasteiger partial charge in [-0.2, -0.15) is 4.39 Å². The van der Waals surface area contributed by atoms with Crippen molar-refractivity contribution >= 4 is 0 Å². The second kappa shape index (κ2) is 3.63. The highest BCUT2D eigenvalue weighted by Gasteiger charge is 2.17. The molecule has 0 atom stereocenters. The second-order valence-electron chi connectivity index (χ2n) is 2.31. The van der Waals surface area contributed by atoms with E-state index < -0.39 is 29.8 Å². The minimum atomic E-state index is -1.63. The standard InChI is InChI=1S/C7H6F3NO2/c8-4-1-3(2-13-11)5(9)7(12)6(4)10/h1,12H,2,11H2. The van der Waals surface area contributed by atoms with Crippen molar-refractivity contribution in [3.05, 3.63) is 29.1 Å². The summed E-state index contributed by atoms with van der Waals surface area (Å²) in [6.07, 6.45) is 0. The van der Waals surface area contributed by atoms with Gasteiger partial charge in [0.15, 0.2) is 17.4 Å². The Morgan fingerprint density at radius 2 is 1.92 bits per heavy atom. The van der Waals surface area contributed by atoms with Gasteiger partial charge in [0.2, 0.25) is 5.82 Å². The molecule has 0 bridgehead atoms. The largest absolute Gasteiger partial charge is 0.503 e. The molecule has 0 aromatic heterocycles. The predicted octanol–water partition coefficient (Wildman–Crippen LogP) is 1.20. The van der Waals surface area contributed by atoms with Crippen LogP contribution >= 0.6 is 0 Å². The van der Waals surface area contributed by atoms with Crippen LogP contribution in [0.4, 0.5) is 13.2 Å². The van der Waals surface area contributed by atoms with Gasteiger partial charge in [-0.3, -0.25) is 4.84 Å². The average molecular weight is 193 g/mol. The molecule has 0 unspecified atom stereocenters. The summed E-state index contributed by atoms with van der Waals surface area (Å²) in [6, 6.07) is 0.567. The molecule has 0 radical (unpaired) electrons. The lowest BCUT2D eigenvalue weighted by molar-refractivity contribution is 0.120. The fraction of sp³-hybridized carbons (Fsp3) is 0.143. The molecule has 0 fully saturated rings. The topological polar surface area (TPSA) is 55.5 Å². The molecule has 3 N–H and O–H groups in total. The van der Waals surface area contributed by atoms with E-state index in [-0.39, 0.29) is 5.56 Å². The van der Waals surface area contributed by atoms with Gasteiger partial charge in [-0.1, -0.05) is 0 Å². The number of nitrogens with two attached hydrogens (primary N) is 1. The van der Waals surface area contributed by atoms with Crippen LogP contribution in [0.15, 0.2) is 6.07 Å². The number of hydrogen-bond acceptors (Lipinski definition) is 3. The van der Waals surface area contributed by atoms with Crippen LogP contribution in [0.2, 0.25) is 0 Å². The molecule has 0 amide bonds. The molecule has 72 valence electrons. The Labute approximate surface area is 71.5 Å². The Balaban J connectivity index is 3.24. The molecule has 1 aromatic rings. The molecule has 1 rings (SSSR count). The SMILES string of the molecule is NOCc1cc(F)c(F)c(O)c1F. The molecule has 1 aromatic carbocycles. The van der Waals surface area contributed by atoms with E-state index in [9.17, 15) is 13.2 Å². The summed E-state index contributed by atoms with van der Waals surface area (Å²) in [5.41, 5.74) is -0.348. The van der Waals surface area contributed by atoms with Crippen LogP contribution in [0.3, 0.4) is 0 Å². The Bertz CT molecular complexity index is 330. The van der Waals surface area contributed by atoms with Crippen LogP contribution in [0.5, 0.6) is 5.75 Å². The van der Waals surface area contributed by atoms with Crippen molar-refractivity contribution in [2.45, 2.75) is 6.61 Å². The van der Waals surface area contributed by atoms with Crippen molar-refractivity contribution in [1.29, 1.82) is 0 Å². The quantitative estimate of drug-likeness (QED) is 0.548. The number of benzene rings is 1. The highest BCUT2D eigenvalue weighted by atomic mass is 19.2. The van der Waals surface area contributed by atoms with Gasteiger partial charge >= 0.3 is 0 Å². The van der Waals surface area contributed by atoms with Crippen molar-refractivity contribution < 1.29 is 23.1 Å². The monoisotopic (exact) mass is 193 g/mol. The van der Waals surface area contributed by atoms with Crippen LogP contribution in [0.25, 0.3) is 0 Å². The van der Waals surface area contributed by atoms with Gasteiger partial charge in [0.05, 0.1) is 6.61 Å². The Kier molecular flexibility index (Phi) is 2.74. The predicted molar refractivity (Wildman–Crippen MR) is 37.0 cm³/mol. The normalized spacial score (nSPS) is 10.5. The third-order valence-corrected chi connectivity index (χ3v) is 1.45. The summed E-state index contributed by atoms with van der Waals surface area (Å²) in [5, 5.41) is 8.71. The highest BCUT2D eigenvalue weighted by molar-refractivity contribution is 5.32. The van der Waals surface area contributed by atoms with Gasteiger partial charge < -0.3 is 5.11 Å². The average Bonchev–Trinajstić information content (AvgIpc) is 2.11. The van der Waals surface area contributed by atoms with Crippen LogP contribution in [0, 0.1) is 17.5 Å². The molecule has 0 heterocycles. The lowest BCUT2D eigenvalue weighted by Gasteiger charge is -2.04. The molecule has 13 heavy (non-hydrogen) atoms. The molecule has 0 aliphatic heterocycles. The zero-order valence-corrected chi connectivity index (χ0v) is 6.35. The highest BCUT2D eigenvalue weighted by Crippen LogP contribution is 2.25. The molecule has 6 heteroatoms. The van der Waals surface area contributed by atoms with E-state index >= 15 is 0 Å². The van der Waals surface area contributed by atoms with Gasteiger partial charge in [-0.25, -0.2) is 14.7 Å². The van der Waals surface area contributed by atoms with E-state index in [1.54, 1.807) is 0 Å². The molecule has 0 aliphatic rings. The molecular formula is C7H6F3NO2. The van der Waals surface area contributed by atoms with Gasteiger partial charge in [0, 0.05) is 5.56 Å². The Morgan fingerprint density at radius 1 is 1.31 bits per heavy atom. The summed E-state index contributed by atoms with van der Waals surface area (Å²) in [4.78, 5) is 4.02. The summed E-state index contributed by atoms with van der Waals surface area (Å²) in [6.45, 7) is -0.448. The summed E-state index contributed by atoms with van der Waals surface area (Å²) in [7, 11) is 0. The van der Waals surface area contributed by atoms with Crippen LogP contribution in [0.1, 0.15) is 5.56 Å². The van der Waals surface area contributed by atoms with Crippen molar-refractivity contribution in [2.24, 2.45) is 5.90 Å². The number of aromatic hydroxyl groups is 1. The van der Waals surface area contributed by atoms with E-state index in [2.05, 4.69) is 10.7 Å². The summed E-state index contributed by atoms with van der Waals surface area (Å²) >= 11 is 0. The number of rotatable bonds is 2. The van der Waals surface area contributed by atoms with Gasteiger partial charge in [0.25, 0.3) is 0 Å². The van der Waals surface area contributed by atoms with Crippen LogP contribution in [-0.2, 0) is 11.4 Å². The van der Waals surface area contributed by atoms with Crippen molar-refractivity contribution in [3.8, 4) is 5.75 Å². The second-order valence-corrected chi connectivity index (χ2v) is 2.31. The van der Waals surface area contributed by atoms with Crippen LogP contribution < -0.4 is 5.90 Å². The van der Waals surface area contributed by atoms with Gasteiger partial charge in [-0.05, 0) is 6.07 Å². The zero-order chi connectivity index (χ0) is 10.0. The molecule has 0 spiro atoms. The summed E-state index contributed by atoms with van der Waals surface area (Å²) in [5.74, 6) is -1.02. The number of phenols is 1. The summed E-state index contributed by atoms with van der Waals surface area (Å²) < 4.78 is 37.9. The molecule has 0 saturated heterocycles. The Hall–Kier alpha value is -1.27. The van der Waals surface area contributed by atoms with Gasteiger partial charge in [0.1, 0.15) is 0 Å². The molecule has 0 aliphatic carbocycles. The first-order chi connectivity index (χ1) is 6.07. The Morgan fingerprint density at radius 3 is 2.46 bits per heavy atom.